The fraction of sp³-hybridized carbons (Fsp3) is 0. The minimum atomic E-state index is 0. The first-order valence-corrected chi connectivity index (χ1v) is 3.35. The topological polar surface area (TPSA) is 0 Å². The van der Waals surface area contributed by atoms with Crippen molar-refractivity contribution in [1.29, 1.82) is 0 Å². The van der Waals surface area contributed by atoms with E-state index in [4.69, 9.17) is 0 Å². The predicted molar refractivity (Wildman–Crippen MR) is 54.5 cm³/mol. The summed E-state index contributed by atoms with van der Waals surface area (Å²) in [6.07, 6.45) is 0. The summed E-state index contributed by atoms with van der Waals surface area (Å²) in [4.78, 5) is 0. The average molecular weight is 427 g/mol. The van der Waals surface area contributed by atoms with Crippen molar-refractivity contribution in [3.05, 3.63) is 0 Å². The molecule has 0 heterocycles. The van der Waals surface area contributed by atoms with Crippen LogP contribution in [-0.4, -0.2) is 83.9 Å². The van der Waals surface area contributed by atoms with Crippen molar-refractivity contribution in [2.45, 2.75) is 0 Å². The van der Waals surface area contributed by atoms with Crippen LogP contribution in [0.15, 0.2) is 0 Å². The quantitative estimate of drug-likeness (QED) is 0.350. The largest absolute Gasteiger partial charge is 0.0149 e. The van der Waals surface area contributed by atoms with Crippen LogP contribution < -0.4 is 0 Å². The van der Waals surface area contributed by atoms with Crippen LogP contribution in [0.2, 0.25) is 0 Å². The van der Waals surface area contributed by atoms with Crippen LogP contribution in [0.25, 0.3) is 0 Å². The van der Waals surface area contributed by atoms with E-state index >= 15 is 0 Å². The van der Waals surface area contributed by atoms with E-state index in [1.807, 2.05) is 0 Å². The Kier molecular flexibility index (Phi) is 278. The SMILES string of the molecule is S=[Te].[AsH3].[GeH4].[SeH2].[SiH4]. The van der Waals surface area contributed by atoms with Gasteiger partial charge in [0.25, 0.3) is 0 Å². The second kappa shape index (κ2) is 45.4. The third kappa shape index (κ3) is 28.9. The maximum atomic E-state index is 4.09. The van der Waals surface area contributed by atoms with Crippen LogP contribution in [0.5, 0.6) is 0 Å². The van der Waals surface area contributed by atoms with E-state index in [0.717, 1.165) is 0 Å². The Morgan fingerprint density at radius 2 is 1.17 bits per heavy atom. The monoisotopic (exact) mass is 432 g/mol. The van der Waals surface area contributed by atoms with Gasteiger partial charge >= 0.3 is 82.3 Å². The van der Waals surface area contributed by atoms with Gasteiger partial charge in [0.1, 0.15) is 0 Å². The van der Waals surface area contributed by atoms with E-state index in [1.54, 1.807) is 0 Å². The molecule has 6 heavy (non-hydrogen) atoms. The Morgan fingerprint density at radius 1 is 1.17 bits per heavy atom. The maximum Gasteiger partial charge on any atom is -0.0149 e. The Labute approximate surface area is 91.8 Å². The van der Waals surface area contributed by atoms with Crippen LogP contribution in [0, 0.1) is 0 Å². The van der Waals surface area contributed by atoms with Gasteiger partial charge in [0.2, 0.25) is 0 Å². The first-order valence-electron chi connectivity index (χ1n) is 0.167. The van der Waals surface area contributed by atoms with E-state index in [9.17, 15) is 0 Å². The Balaban J connectivity index is -0.000000000833. The van der Waals surface area contributed by atoms with Gasteiger partial charge < -0.3 is 0 Å². The smallest absolute Gasteiger partial charge is 0.0149 e. The summed E-state index contributed by atoms with van der Waals surface area (Å²) in [7, 11) is 4.09. The summed E-state index contributed by atoms with van der Waals surface area (Å²) in [6.45, 7) is 0. The Morgan fingerprint density at radius 3 is 1.17 bits per heavy atom. The van der Waals surface area contributed by atoms with E-state index in [-0.39, 0.29) is 63.6 Å². The third-order valence-corrected chi connectivity index (χ3v) is 0. The van der Waals surface area contributed by atoms with Gasteiger partial charge in [0.05, 0.1) is 0 Å². The zero-order valence-corrected chi connectivity index (χ0v) is 10.2. The molecule has 0 amide bonds. The van der Waals surface area contributed by atoms with E-state index in [2.05, 4.69) is 9.34 Å². The molecule has 0 rings (SSSR count). The Hall–Kier alpha value is 2.85. The molecule has 0 nitrogen and oxygen atoms in total. The molecule has 0 radical (unpaired) electrons. The minimum absolute atomic E-state index is 0. The van der Waals surface area contributed by atoms with Crippen molar-refractivity contribution in [2.24, 2.45) is 0 Å². The summed E-state index contributed by atoms with van der Waals surface area (Å²) in [6, 6.07) is 0. The molecule has 0 aliphatic heterocycles. The van der Waals surface area contributed by atoms with Crippen LogP contribution >= 0.6 is 9.34 Å². The van der Waals surface area contributed by atoms with Gasteiger partial charge in [0.15, 0.2) is 0 Å². The molecule has 0 fully saturated rings. The molecule has 0 spiro atoms. The maximum absolute atomic E-state index is 4.09. The zero-order chi connectivity index (χ0) is 2.00. The molecule has 0 aliphatic rings. The second-order valence-electron chi connectivity index (χ2n) is 0. The number of hydrogen-bond acceptors (Lipinski definition) is 1. The van der Waals surface area contributed by atoms with Gasteiger partial charge in [-0.2, -0.15) is 0 Å². The number of rotatable bonds is 0. The standard InChI is InChI=1S/AsH3.GeH4.STe.H2Se.H4Si/c;;1-2;;/h1H3;1H4;;1H2;1H4. The normalized spacial score (nSPS) is 0.667. The molecular formula is H13AsGeSSeSiTe. The summed E-state index contributed by atoms with van der Waals surface area (Å²) >= 11 is 1.53. The molecule has 1 unspecified atom stereocenters. The first kappa shape index (κ1) is 36.8. The van der Waals surface area contributed by atoms with Crippen LogP contribution in [-0.2, 0) is 0 Å². The molecule has 0 N–H and O–H groups in total. The van der Waals surface area contributed by atoms with Crippen molar-refractivity contribution in [3.63, 3.8) is 0 Å². The van der Waals surface area contributed by atoms with Gasteiger partial charge in [-0.25, -0.2) is 0 Å². The van der Waals surface area contributed by atoms with Crippen molar-refractivity contribution >= 4 is 93.3 Å². The van der Waals surface area contributed by atoms with E-state index in [1.165, 1.54) is 20.4 Å². The van der Waals surface area contributed by atoms with Crippen LogP contribution in [0.4, 0.5) is 0 Å². The summed E-state index contributed by atoms with van der Waals surface area (Å²) in [5.41, 5.74) is 0. The second-order valence-corrected chi connectivity index (χ2v) is 0. The minimum Gasteiger partial charge on any atom is -0.0149 e. The molecule has 1 atom stereocenters. The van der Waals surface area contributed by atoms with Crippen molar-refractivity contribution in [1.82, 2.24) is 0 Å². The van der Waals surface area contributed by atoms with Crippen molar-refractivity contribution < 1.29 is 0 Å². The summed E-state index contributed by atoms with van der Waals surface area (Å²) in [5.74, 6) is 0. The molecule has 0 aromatic carbocycles. The summed E-state index contributed by atoms with van der Waals surface area (Å²) in [5, 5.41) is 0. The van der Waals surface area contributed by atoms with Gasteiger partial charge in [-0.15, -0.1) is 0 Å². The van der Waals surface area contributed by atoms with Gasteiger partial charge in [-0.05, 0) is 11.0 Å². The molecule has 0 saturated heterocycles. The summed E-state index contributed by atoms with van der Waals surface area (Å²) < 4.78 is 0. The van der Waals surface area contributed by atoms with E-state index < -0.39 is 0 Å². The predicted octanol–water partition coefficient (Wildman–Crippen LogP) is -4.74. The molecule has 0 bridgehead atoms. The molecule has 0 aromatic rings. The fourth-order valence-corrected chi connectivity index (χ4v) is 0. The molecule has 0 saturated carbocycles. The molecular weight excluding hydrogens is 414 g/mol. The fourth-order valence-electron chi connectivity index (χ4n) is 0. The van der Waals surface area contributed by atoms with Gasteiger partial charge in [-0.3, -0.25) is 0 Å². The van der Waals surface area contributed by atoms with Crippen LogP contribution in [0.3, 0.4) is 0 Å². The van der Waals surface area contributed by atoms with E-state index in [0.29, 0.717) is 0 Å². The van der Waals surface area contributed by atoms with Gasteiger partial charge in [0, 0.05) is 0 Å². The first-order chi connectivity index (χ1) is 1.00. The van der Waals surface area contributed by atoms with Crippen molar-refractivity contribution in [2.75, 3.05) is 0 Å². The molecule has 0 aliphatic carbocycles. The average Bonchev–Trinajstić information content (AvgIpc) is 1.00. The zero-order valence-electron chi connectivity index (χ0n) is 2.02. The van der Waals surface area contributed by atoms with Gasteiger partial charge in [-0.1, -0.05) is 0 Å². The Bertz CT molecular complexity index is 15.5. The molecule has 0 aromatic heterocycles. The third-order valence-electron chi connectivity index (χ3n) is 0. The molecule has 6 heteroatoms. The molecule has 44 valence electrons. The van der Waals surface area contributed by atoms with Crippen LogP contribution in [0.1, 0.15) is 0 Å². The number of hydrogen-bond donors (Lipinski definition) is 0. The van der Waals surface area contributed by atoms with Crippen molar-refractivity contribution in [3.8, 4) is 0 Å².